The van der Waals surface area contributed by atoms with Crippen LogP contribution in [0.2, 0.25) is 0 Å². The highest BCUT2D eigenvalue weighted by molar-refractivity contribution is 7.21. The van der Waals surface area contributed by atoms with Gasteiger partial charge in [0.15, 0.2) is 0 Å². The Bertz CT molecular complexity index is 590. The van der Waals surface area contributed by atoms with Gasteiger partial charge >= 0.3 is 0 Å². The number of amides is 1. The molecule has 0 bridgehead atoms. The van der Waals surface area contributed by atoms with E-state index >= 15 is 0 Å². The molecule has 1 N–H and O–H groups in total. The zero-order valence-corrected chi connectivity index (χ0v) is 12.8. The van der Waals surface area contributed by atoms with Gasteiger partial charge in [0.25, 0.3) is 5.91 Å². The molecule has 0 aromatic carbocycles. The number of nitrogens with zero attached hydrogens (tertiary/aromatic N) is 2. The molecule has 6 heteroatoms. The summed E-state index contributed by atoms with van der Waals surface area (Å²) in [6, 6.07) is 3.97. The third-order valence-corrected chi connectivity index (χ3v) is 5.45. The number of carbonyl (C=O) groups is 1. The van der Waals surface area contributed by atoms with Crippen molar-refractivity contribution < 1.29 is 9.90 Å². The lowest BCUT2D eigenvalue weighted by Gasteiger charge is -2.19. The summed E-state index contributed by atoms with van der Waals surface area (Å²) >= 11 is 3.02. The molecule has 3 rings (SSSR count). The molecule has 20 heavy (non-hydrogen) atoms. The lowest BCUT2D eigenvalue weighted by molar-refractivity contribution is 0.0649. The SMILES string of the molecule is CN(CC(O)C1CC1)C(=O)c1cnc(-c2cccs2)s1. The van der Waals surface area contributed by atoms with Crippen LogP contribution in [0.5, 0.6) is 0 Å². The van der Waals surface area contributed by atoms with Crippen LogP contribution in [0.15, 0.2) is 23.7 Å². The first-order valence-electron chi connectivity index (χ1n) is 6.58. The van der Waals surface area contributed by atoms with Gasteiger partial charge in [-0.25, -0.2) is 4.98 Å². The van der Waals surface area contributed by atoms with E-state index in [4.69, 9.17) is 0 Å². The number of carbonyl (C=O) groups excluding carboxylic acids is 1. The van der Waals surface area contributed by atoms with Crippen LogP contribution in [-0.2, 0) is 0 Å². The van der Waals surface area contributed by atoms with Gasteiger partial charge in [-0.15, -0.1) is 22.7 Å². The van der Waals surface area contributed by atoms with Crippen LogP contribution >= 0.6 is 22.7 Å². The third-order valence-electron chi connectivity index (χ3n) is 3.42. The maximum atomic E-state index is 12.3. The Morgan fingerprint density at radius 2 is 2.40 bits per heavy atom. The van der Waals surface area contributed by atoms with Gasteiger partial charge in [-0.1, -0.05) is 6.07 Å². The van der Waals surface area contributed by atoms with Crippen LogP contribution < -0.4 is 0 Å². The molecule has 2 aromatic rings. The Hall–Kier alpha value is -1.24. The van der Waals surface area contributed by atoms with Crippen LogP contribution in [0.1, 0.15) is 22.5 Å². The van der Waals surface area contributed by atoms with Crippen molar-refractivity contribution in [1.82, 2.24) is 9.88 Å². The van der Waals surface area contributed by atoms with Gasteiger partial charge in [0.2, 0.25) is 0 Å². The van der Waals surface area contributed by atoms with E-state index in [0.717, 1.165) is 22.7 Å². The normalized spacial score (nSPS) is 16.1. The number of hydrogen-bond donors (Lipinski definition) is 1. The molecule has 2 aromatic heterocycles. The smallest absolute Gasteiger partial charge is 0.265 e. The second-order valence-corrected chi connectivity index (χ2v) is 7.08. The fraction of sp³-hybridized carbons (Fsp3) is 0.429. The number of aromatic nitrogens is 1. The summed E-state index contributed by atoms with van der Waals surface area (Å²) < 4.78 is 0. The lowest BCUT2D eigenvalue weighted by atomic mass is 10.2. The molecule has 0 aliphatic heterocycles. The zero-order valence-electron chi connectivity index (χ0n) is 11.2. The van der Waals surface area contributed by atoms with Crippen molar-refractivity contribution in [2.24, 2.45) is 5.92 Å². The standard InChI is InChI=1S/C14H16N2O2S2/c1-16(8-10(17)9-4-5-9)14(18)12-7-15-13(20-12)11-3-2-6-19-11/h2-3,6-7,9-10,17H,4-5,8H2,1H3. The van der Waals surface area contributed by atoms with E-state index in [2.05, 4.69) is 4.98 Å². The molecule has 2 heterocycles. The van der Waals surface area contributed by atoms with Crippen LogP contribution in [0.4, 0.5) is 0 Å². The van der Waals surface area contributed by atoms with Crippen molar-refractivity contribution >= 4 is 28.6 Å². The van der Waals surface area contributed by atoms with Crippen molar-refractivity contribution in [3.63, 3.8) is 0 Å². The summed E-state index contributed by atoms with van der Waals surface area (Å²) in [7, 11) is 1.73. The molecule has 1 amide bonds. The highest BCUT2D eigenvalue weighted by atomic mass is 32.1. The van der Waals surface area contributed by atoms with Crippen LogP contribution in [0, 0.1) is 5.92 Å². The molecular formula is C14H16N2O2S2. The molecule has 1 aliphatic carbocycles. The highest BCUT2D eigenvalue weighted by Gasteiger charge is 2.31. The molecule has 1 unspecified atom stereocenters. The van der Waals surface area contributed by atoms with E-state index in [1.54, 1.807) is 29.5 Å². The summed E-state index contributed by atoms with van der Waals surface area (Å²) in [5, 5.41) is 12.8. The van der Waals surface area contributed by atoms with E-state index < -0.39 is 6.10 Å². The predicted molar refractivity (Wildman–Crippen MR) is 81.1 cm³/mol. The topological polar surface area (TPSA) is 53.4 Å². The van der Waals surface area contributed by atoms with Crippen LogP contribution in [-0.4, -0.2) is 40.6 Å². The van der Waals surface area contributed by atoms with Crippen molar-refractivity contribution in [3.05, 3.63) is 28.6 Å². The first-order valence-corrected chi connectivity index (χ1v) is 8.28. The molecule has 1 atom stereocenters. The molecule has 106 valence electrons. The lowest BCUT2D eigenvalue weighted by Crippen LogP contribution is -2.34. The largest absolute Gasteiger partial charge is 0.391 e. The van der Waals surface area contributed by atoms with Crippen molar-refractivity contribution in [1.29, 1.82) is 0 Å². The maximum absolute atomic E-state index is 12.3. The second-order valence-electron chi connectivity index (χ2n) is 5.10. The van der Waals surface area contributed by atoms with E-state index in [-0.39, 0.29) is 5.91 Å². The average molecular weight is 308 g/mol. The second kappa shape index (κ2) is 5.63. The Kier molecular flexibility index (Phi) is 3.87. The Morgan fingerprint density at radius 1 is 1.60 bits per heavy atom. The number of thiazole rings is 1. The van der Waals surface area contributed by atoms with Gasteiger partial charge in [-0.3, -0.25) is 4.79 Å². The van der Waals surface area contributed by atoms with E-state index in [0.29, 0.717) is 17.3 Å². The minimum absolute atomic E-state index is 0.0648. The fourth-order valence-corrected chi connectivity index (χ4v) is 3.78. The average Bonchev–Trinajstić information content (AvgIpc) is 2.95. The minimum atomic E-state index is -0.395. The number of likely N-dealkylation sites (N-methyl/N-ethyl adjacent to an activating group) is 1. The van der Waals surface area contributed by atoms with Crippen molar-refractivity contribution in [2.45, 2.75) is 18.9 Å². The van der Waals surface area contributed by atoms with Gasteiger partial charge in [0.05, 0.1) is 17.2 Å². The van der Waals surface area contributed by atoms with E-state index in [1.165, 1.54) is 11.3 Å². The summed E-state index contributed by atoms with van der Waals surface area (Å²) in [6.07, 6.45) is 3.38. The summed E-state index contributed by atoms with van der Waals surface area (Å²) in [4.78, 5) is 19.9. The monoisotopic (exact) mass is 308 g/mol. The molecule has 4 nitrogen and oxygen atoms in total. The van der Waals surface area contributed by atoms with E-state index in [1.807, 2.05) is 17.5 Å². The predicted octanol–water partition coefficient (Wildman–Crippen LogP) is 2.71. The Labute approximate surface area is 125 Å². The minimum Gasteiger partial charge on any atom is -0.391 e. The maximum Gasteiger partial charge on any atom is 0.265 e. The Morgan fingerprint density at radius 3 is 3.05 bits per heavy atom. The number of thiophene rings is 1. The van der Waals surface area contributed by atoms with Crippen LogP contribution in [0.3, 0.4) is 0 Å². The zero-order chi connectivity index (χ0) is 14.1. The summed E-state index contributed by atoms with van der Waals surface area (Å²) in [5.41, 5.74) is 0. The third kappa shape index (κ3) is 2.92. The van der Waals surface area contributed by atoms with Crippen molar-refractivity contribution in [3.8, 4) is 9.88 Å². The van der Waals surface area contributed by atoms with Crippen LogP contribution in [0.25, 0.3) is 9.88 Å². The Balaban J connectivity index is 1.67. The molecule has 0 radical (unpaired) electrons. The molecule has 0 saturated heterocycles. The molecule has 1 aliphatic rings. The molecule has 0 spiro atoms. The van der Waals surface area contributed by atoms with Gasteiger partial charge in [-0.05, 0) is 30.2 Å². The molecule has 1 saturated carbocycles. The molecule has 1 fully saturated rings. The van der Waals surface area contributed by atoms with Gasteiger partial charge in [-0.2, -0.15) is 0 Å². The van der Waals surface area contributed by atoms with E-state index in [9.17, 15) is 9.90 Å². The number of aliphatic hydroxyl groups is 1. The van der Waals surface area contributed by atoms with Crippen molar-refractivity contribution in [2.75, 3.05) is 13.6 Å². The fourth-order valence-electron chi connectivity index (χ4n) is 2.07. The van der Waals surface area contributed by atoms with Gasteiger partial charge < -0.3 is 10.0 Å². The van der Waals surface area contributed by atoms with Gasteiger partial charge in [0.1, 0.15) is 9.88 Å². The number of rotatable bonds is 5. The first kappa shape index (κ1) is 13.7. The van der Waals surface area contributed by atoms with Gasteiger partial charge in [0, 0.05) is 13.6 Å². The molecular weight excluding hydrogens is 292 g/mol. The summed E-state index contributed by atoms with van der Waals surface area (Å²) in [5.74, 6) is 0.318. The first-order chi connectivity index (χ1) is 9.65. The summed E-state index contributed by atoms with van der Waals surface area (Å²) in [6.45, 7) is 0.399. The number of hydrogen-bond acceptors (Lipinski definition) is 5. The number of aliphatic hydroxyl groups excluding tert-OH is 1. The highest BCUT2D eigenvalue weighted by Crippen LogP contribution is 2.33. The quantitative estimate of drug-likeness (QED) is 0.924.